The summed E-state index contributed by atoms with van der Waals surface area (Å²) >= 11 is 0. The van der Waals surface area contributed by atoms with Crippen LogP contribution in [0.1, 0.15) is 297 Å². The third-order valence-electron chi connectivity index (χ3n) is 15.0. The van der Waals surface area contributed by atoms with Crippen molar-refractivity contribution in [3.63, 3.8) is 0 Å². The number of hydrogen-bond acceptors (Lipinski definition) is 10. The van der Waals surface area contributed by atoms with Gasteiger partial charge in [0.25, 0.3) is 0 Å². The molecule has 8 unspecified atom stereocenters. The Balaban J connectivity index is 2.64. The van der Waals surface area contributed by atoms with Gasteiger partial charge >= 0.3 is 5.97 Å². The fourth-order valence-electron chi connectivity index (χ4n) is 9.94. The lowest BCUT2D eigenvalue weighted by molar-refractivity contribution is -0.305. The van der Waals surface area contributed by atoms with Gasteiger partial charge in [-0.1, -0.05) is 250 Å². The van der Waals surface area contributed by atoms with Crippen LogP contribution in [0.15, 0.2) is 36.5 Å². The number of rotatable bonds is 54. The van der Waals surface area contributed by atoms with Gasteiger partial charge in [0, 0.05) is 6.42 Å². The number of allylic oxidation sites excluding steroid dienone is 5. The fourth-order valence-corrected chi connectivity index (χ4v) is 9.94. The molecule has 1 heterocycles. The number of esters is 1. The normalized spacial score (nSPS) is 19.4. The topological polar surface area (TPSA) is 175 Å². The first kappa shape index (κ1) is 70.9. The van der Waals surface area contributed by atoms with Crippen LogP contribution in [0.5, 0.6) is 0 Å². The third-order valence-corrected chi connectivity index (χ3v) is 15.0. The molecule has 75 heavy (non-hydrogen) atoms. The van der Waals surface area contributed by atoms with Crippen molar-refractivity contribution in [3.8, 4) is 0 Å². The van der Waals surface area contributed by atoms with Gasteiger partial charge in [0.2, 0.25) is 5.91 Å². The predicted molar refractivity (Wildman–Crippen MR) is 311 cm³/mol. The number of nitrogens with one attached hydrogen (secondary N) is 1. The molecule has 0 saturated carbocycles. The molecular formula is C64H119NO10. The lowest BCUT2D eigenvalue weighted by Gasteiger charge is -2.41. The van der Waals surface area contributed by atoms with Crippen molar-refractivity contribution in [1.29, 1.82) is 0 Å². The van der Waals surface area contributed by atoms with Crippen LogP contribution in [0.25, 0.3) is 0 Å². The van der Waals surface area contributed by atoms with Crippen molar-refractivity contribution in [3.05, 3.63) is 36.5 Å². The van der Waals surface area contributed by atoms with Crippen LogP contribution in [0, 0.1) is 0 Å². The van der Waals surface area contributed by atoms with Crippen LogP contribution in [0.2, 0.25) is 0 Å². The summed E-state index contributed by atoms with van der Waals surface area (Å²) in [5.41, 5.74) is 0. The molecule has 11 heteroatoms. The third kappa shape index (κ3) is 40.7. The lowest BCUT2D eigenvalue weighted by atomic mass is 9.99. The molecule has 1 aliphatic rings. The Kier molecular flexibility index (Phi) is 49.7. The average Bonchev–Trinajstić information content (AvgIpc) is 3.41. The molecule has 1 fully saturated rings. The molecule has 0 aromatic carbocycles. The Morgan fingerprint density at radius 2 is 0.880 bits per heavy atom. The maximum absolute atomic E-state index is 13.4. The van der Waals surface area contributed by atoms with Gasteiger partial charge in [-0.15, -0.1) is 0 Å². The van der Waals surface area contributed by atoms with Crippen LogP contribution in [-0.2, 0) is 23.8 Å². The minimum absolute atomic E-state index is 0.123. The molecule has 1 aliphatic heterocycles. The minimum atomic E-state index is -1.61. The first-order valence-corrected chi connectivity index (χ1v) is 31.8. The quantitative estimate of drug-likeness (QED) is 0.0195. The van der Waals surface area contributed by atoms with E-state index < -0.39 is 67.4 Å². The van der Waals surface area contributed by atoms with Gasteiger partial charge < -0.3 is 45.1 Å². The van der Waals surface area contributed by atoms with Crippen LogP contribution in [-0.4, -0.2) is 99.6 Å². The van der Waals surface area contributed by atoms with Gasteiger partial charge in [0.15, 0.2) is 12.4 Å². The van der Waals surface area contributed by atoms with E-state index in [1.54, 1.807) is 6.08 Å². The first-order valence-electron chi connectivity index (χ1n) is 31.8. The van der Waals surface area contributed by atoms with Gasteiger partial charge in [0.1, 0.15) is 24.4 Å². The predicted octanol–water partition coefficient (Wildman–Crippen LogP) is 15.1. The van der Waals surface area contributed by atoms with Crippen molar-refractivity contribution < 1.29 is 49.3 Å². The number of aliphatic hydroxyl groups is 5. The Hall–Kier alpha value is -2.12. The molecule has 1 saturated heterocycles. The van der Waals surface area contributed by atoms with E-state index in [0.29, 0.717) is 12.8 Å². The number of amides is 1. The maximum atomic E-state index is 13.4. The SMILES string of the molecule is CCCCCCCC/C=C\CCCCC(O)C(=O)NC(COC1OC(CO)C(O)C(O)C1OC(=O)CCCCCCCCCCCCC/C=C/CCCCCCCC)C(O)/C=C/CCCCCCCCCCCCC. The minimum Gasteiger partial charge on any atom is -0.454 e. The molecule has 0 aliphatic carbocycles. The molecule has 1 rings (SSSR count). The Morgan fingerprint density at radius 3 is 1.29 bits per heavy atom. The van der Waals surface area contributed by atoms with E-state index in [9.17, 15) is 35.1 Å². The summed E-state index contributed by atoms with van der Waals surface area (Å²) in [6, 6.07) is -1.03. The second-order valence-corrected chi connectivity index (χ2v) is 22.1. The van der Waals surface area contributed by atoms with Gasteiger partial charge in [-0.2, -0.15) is 0 Å². The molecule has 0 radical (unpaired) electrons. The van der Waals surface area contributed by atoms with Crippen molar-refractivity contribution in [1.82, 2.24) is 5.32 Å². The summed E-state index contributed by atoms with van der Waals surface area (Å²) in [5, 5.41) is 56.9. The maximum Gasteiger partial charge on any atom is 0.306 e. The summed E-state index contributed by atoms with van der Waals surface area (Å²) in [6.07, 6.45) is 51.9. The number of carbonyl (C=O) groups excluding carboxylic acids is 2. The van der Waals surface area contributed by atoms with Gasteiger partial charge in [-0.3, -0.25) is 9.59 Å². The van der Waals surface area contributed by atoms with Crippen molar-refractivity contribution >= 4 is 11.9 Å². The summed E-state index contributed by atoms with van der Waals surface area (Å²) in [4.78, 5) is 26.5. The standard InChI is InChI=1S/C64H119NO10/c1-4-7-10-13-16-19-22-25-26-27-28-29-30-31-32-34-37-40-43-46-49-52-59(69)75-62-61(71)60(70)58(53-66)74-64(62)73-54-55(56(67)50-47-44-41-38-36-33-23-20-17-14-11-8-5-2)65-63(72)57(68)51-48-45-42-39-35-24-21-18-15-12-9-6-3/h25-26,35,39,47,50,55-58,60-62,64,66-68,70-71H,4-24,27-34,36-38,40-46,48-49,51-54H2,1-3H3,(H,65,72)/b26-25+,39-35-,50-47+. The first-order chi connectivity index (χ1) is 36.7. The average molecular weight is 1060 g/mol. The van der Waals surface area contributed by atoms with E-state index >= 15 is 0 Å². The molecule has 6 N–H and O–H groups in total. The number of hydrogen-bond donors (Lipinski definition) is 6. The second kappa shape index (κ2) is 52.6. The van der Waals surface area contributed by atoms with E-state index in [1.165, 1.54) is 193 Å². The zero-order valence-electron chi connectivity index (χ0n) is 48.7. The Bertz CT molecular complexity index is 1360. The van der Waals surface area contributed by atoms with Crippen molar-refractivity contribution in [2.75, 3.05) is 13.2 Å². The van der Waals surface area contributed by atoms with Crippen LogP contribution >= 0.6 is 0 Å². The van der Waals surface area contributed by atoms with Crippen LogP contribution < -0.4 is 5.32 Å². The lowest BCUT2D eigenvalue weighted by Crippen LogP contribution is -2.61. The molecule has 1 amide bonds. The highest BCUT2D eigenvalue weighted by Crippen LogP contribution is 2.26. The Labute approximate surface area is 460 Å². The molecule has 8 atom stereocenters. The van der Waals surface area contributed by atoms with Crippen LogP contribution in [0.3, 0.4) is 0 Å². The second-order valence-electron chi connectivity index (χ2n) is 22.1. The molecule has 0 bridgehead atoms. The smallest absolute Gasteiger partial charge is 0.306 e. The van der Waals surface area contributed by atoms with Gasteiger partial charge in [-0.05, 0) is 77.0 Å². The largest absolute Gasteiger partial charge is 0.454 e. The van der Waals surface area contributed by atoms with E-state index in [0.717, 1.165) is 57.8 Å². The van der Waals surface area contributed by atoms with Gasteiger partial charge in [0.05, 0.1) is 25.4 Å². The summed E-state index contributed by atoms with van der Waals surface area (Å²) in [7, 11) is 0. The summed E-state index contributed by atoms with van der Waals surface area (Å²) in [6.45, 7) is 5.78. The molecule has 0 spiro atoms. The van der Waals surface area contributed by atoms with Gasteiger partial charge in [-0.25, -0.2) is 0 Å². The molecule has 11 nitrogen and oxygen atoms in total. The number of unbranched alkanes of at least 4 members (excludes halogenated alkanes) is 36. The number of aliphatic hydroxyl groups excluding tert-OH is 5. The number of ether oxygens (including phenoxy) is 3. The molecular weight excluding hydrogens is 943 g/mol. The van der Waals surface area contributed by atoms with E-state index in [-0.39, 0.29) is 19.4 Å². The van der Waals surface area contributed by atoms with Crippen molar-refractivity contribution in [2.45, 2.75) is 346 Å². The zero-order chi connectivity index (χ0) is 54.7. The monoisotopic (exact) mass is 1060 g/mol. The highest BCUT2D eigenvalue weighted by atomic mass is 16.7. The molecule has 0 aromatic rings. The molecule has 440 valence electrons. The van der Waals surface area contributed by atoms with E-state index in [1.807, 2.05) is 6.08 Å². The van der Waals surface area contributed by atoms with Crippen LogP contribution in [0.4, 0.5) is 0 Å². The Morgan fingerprint density at radius 1 is 0.507 bits per heavy atom. The van der Waals surface area contributed by atoms with E-state index in [2.05, 4.69) is 50.4 Å². The van der Waals surface area contributed by atoms with E-state index in [4.69, 9.17) is 14.2 Å². The fraction of sp³-hybridized carbons (Fsp3) is 0.875. The molecule has 0 aromatic heterocycles. The van der Waals surface area contributed by atoms with Crippen molar-refractivity contribution in [2.24, 2.45) is 0 Å². The highest BCUT2D eigenvalue weighted by Gasteiger charge is 2.47. The summed E-state index contributed by atoms with van der Waals surface area (Å²) in [5.74, 6) is -1.20. The number of carbonyl (C=O) groups is 2. The zero-order valence-corrected chi connectivity index (χ0v) is 48.7. The summed E-state index contributed by atoms with van der Waals surface area (Å²) < 4.78 is 17.6. The highest BCUT2D eigenvalue weighted by molar-refractivity contribution is 5.80.